The fourth-order valence-corrected chi connectivity index (χ4v) is 4.62. The van der Waals surface area contributed by atoms with Crippen LogP contribution >= 0.6 is 0 Å². The lowest BCUT2D eigenvalue weighted by Gasteiger charge is -2.25. The van der Waals surface area contributed by atoms with Gasteiger partial charge < -0.3 is 9.30 Å². The van der Waals surface area contributed by atoms with Crippen molar-refractivity contribution in [3.05, 3.63) is 107 Å². The van der Waals surface area contributed by atoms with E-state index in [1.54, 1.807) is 0 Å². The number of rotatable bonds is 6. The van der Waals surface area contributed by atoms with Crippen LogP contribution in [0.1, 0.15) is 54.9 Å². The fraction of sp³-hybridized carbons (Fsp3) is 0.258. The van der Waals surface area contributed by atoms with E-state index in [2.05, 4.69) is 92.9 Å². The molecule has 174 valence electrons. The molecule has 3 nitrogen and oxygen atoms in total. The number of nitrogens with zero attached hydrogens (tertiary/aromatic N) is 1. The summed E-state index contributed by atoms with van der Waals surface area (Å²) in [6.07, 6.45) is 0. The smallest absolute Gasteiger partial charge is 0.340 e. The number of esters is 1. The molecule has 0 bridgehead atoms. The molecular weight excluding hydrogens is 418 g/mol. The van der Waals surface area contributed by atoms with E-state index in [0.717, 1.165) is 28.1 Å². The first kappa shape index (κ1) is 23.6. The Morgan fingerprint density at radius 3 is 1.97 bits per heavy atom. The summed E-state index contributed by atoms with van der Waals surface area (Å²) in [4.78, 5) is 13.6. The van der Waals surface area contributed by atoms with Crippen molar-refractivity contribution in [3.8, 4) is 22.4 Å². The minimum Gasteiger partial charge on any atom is -0.462 e. The monoisotopic (exact) mass is 451 g/mol. The van der Waals surface area contributed by atoms with Gasteiger partial charge in [-0.15, -0.1) is 0 Å². The molecule has 0 aliphatic heterocycles. The van der Waals surface area contributed by atoms with Gasteiger partial charge in [0.15, 0.2) is 0 Å². The summed E-state index contributed by atoms with van der Waals surface area (Å²) in [5, 5.41) is 0. The maximum atomic E-state index is 13.6. The molecule has 0 radical (unpaired) electrons. The molecule has 1 aromatic heterocycles. The van der Waals surface area contributed by atoms with Crippen LogP contribution in [0.15, 0.2) is 84.9 Å². The van der Waals surface area contributed by atoms with Crippen LogP contribution in [0.25, 0.3) is 22.4 Å². The van der Waals surface area contributed by atoms with Crippen molar-refractivity contribution in [1.29, 1.82) is 0 Å². The molecule has 0 saturated carbocycles. The Morgan fingerprint density at radius 1 is 0.824 bits per heavy atom. The van der Waals surface area contributed by atoms with E-state index in [0.29, 0.717) is 18.7 Å². The Balaban J connectivity index is 2.14. The first-order chi connectivity index (χ1) is 16.3. The standard InChI is InChI=1S/C31H33NO2/c1-6-34-30(33)27-26(24-15-11-8-12-16-24)29(31(3,4)5)32(21-23-13-9-7-10-14-23)28(27)25-19-17-22(2)18-20-25/h7-20H,6,21H2,1-5H3. The van der Waals surface area contributed by atoms with Crippen LogP contribution in [-0.4, -0.2) is 17.1 Å². The summed E-state index contributed by atoms with van der Waals surface area (Å²) in [6, 6.07) is 29.1. The number of aromatic nitrogens is 1. The first-order valence-electron chi connectivity index (χ1n) is 11.9. The highest BCUT2D eigenvalue weighted by Gasteiger charge is 2.34. The zero-order chi connectivity index (χ0) is 24.3. The second kappa shape index (κ2) is 9.72. The summed E-state index contributed by atoms with van der Waals surface area (Å²) >= 11 is 0. The predicted molar refractivity (Wildman–Crippen MR) is 140 cm³/mol. The van der Waals surface area contributed by atoms with E-state index >= 15 is 0 Å². The minimum atomic E-state index is -0.283. The van der Waals surface area contributed by atoms with Gasteiger partial charge in [-0.3, -0.25) is 0 Å². The van der Waals surface area contributed by atoms with E-state index in [9.17, 15) is 4.79 Å². The van der Waals surface area contributed by atoms with E-state index in [-0.39, 0.29) is 11.4 Å². The van der Waals surface area contributed by atoms with Crippen LogP contribution in [0, 0.1) is 6.92 Å². The van der Waals surface area contributed by atoms with Gasteiger partial charge in [-0.25, -0.2) is 4.79 Å². The van der Waals surface area contributed by atoms with Crippen LogP contribution < -0.4 is 0 Å². The summed E-state index contributed by atoms with van der Waals surface area (Å²) in [5.41, 5.74) is 7.81. The lowest BCUT2D eigenvalue weighted by atomic mass is 9.85. The molecule has 0 atom stereocenters. The molecule has 0 spiro atoms. The Morgan fingerprint density at radius 2 is 1.41 bits per heavy atom. The normalized spacial score (nSPS) is 11.4. The van der Waals surface area contributed by atoms with Gasteiger partial charge in [0.25, 0.3) is 0 Å². The van der Waals surface area contributed by atoms with Crippen molar-refractivity contribution in [2.24, 2.45) is 0 Å². The fourth-order valence-electron chi connectivity index (χ4n) is 4.62. The van der Waals surface area contributed by atoms with E-state index < -0.39 is 0 Å². The third-order valence-corrected chi connectivity index (χ3v) is 6.02. The van der Waals surface area contributed by atoms with Crippen LogP contribution in [0.3, 0.4) is 0 Å². The molecule has 0 fully saturated rings. The number of carbonyl (C=O) groups excluding carboxylic acids is 1. The Labute approximate surface area is 203 Å². The molecule has 0 aliphatic rings. The van der Waals surface area contributed by atoms with E-state index in [1.807, 2.05) is 31.2 Å². The number of ether oxygens (including phenoxy) is 1. The average molecular weight is 452 g/mol. The molecule has 4 rings (SSSR count). The van der Waals surface area contributed by atoms with Crippen LogP contribution in [-0.2, 0) is 16.7 Å². The highest BCUT2D eigenvalue weighted by atomic mass is 16.5. The molecule has 4 aromatic rings. The van der Waals surface area contributed by atoms with E-state index in [4.69, 9.17) is 4.74 Å². The van der Waals surface area contributed by atoms with Crippen molar-refractivity contribution >= 4 is 5.97 Å². The van der Waals surface area contributed by atoms with Crippen molar-refractivity contribution in [3.63, 3.8) is 0 Å². The number of hydrogen-bond donors (Lipinski definition) is 0. The third-order valence-electron chi connectivity index (χ3n) is 6.02. The van der Waals surface area contributed by atoms with Crippen molar-refractivity contribution in [2.75, 3.05) is 6.61 Å². The van der Waals surface area contributed by atoms with Crippen molar-refractivity contribution < 1.29 is 9.53 Å². The van der Waals surface area contributed by atoms with Gasteiger partial charge in [0.2, 0.25) is 0 Å². The Kier molecular flexibility index (Phi) is 6.74. The Hall–Kier alpha value is -3.59. The molecule has 0 unspecified atom stereocenters. The lowest BCUT2D eigenvalue weighted by Crippen LogP contribution is -2.20. The zero-order valence-corrected chi connectivity index (χ0v) is 20.8. The highest BCUT2D eigenvalue weighted by molar-refractivity contribution is 6.05. The van der Waals surface area contributed by atoms with Gasteiger partial charge in [-0.1, -0.05) is 111 Å². The molecule has 3 heteroatoms. The summed E-state index contributed by atoms with van der Waals surface area (Å²) in [7, 11) is 0. The third kappa shape index (κ3) is 4.70. The van der Waals surface area contributed by atoms with Crippen molar-refractivity contribution in [1.82, 2.24) is 4.57 Å². The SMILES string of the molecule is CCOC(=O)c1c(-c2ccccc2)c(C(C)(C)C)n(Cc2ccccc2)c1-c1ccc(C)cc1. The van der Waals surface area contributed by atoms with Gasteiger partial charge in [-0.2, -0.15) is 0 Å². The van der Waals surface area contributed by atoms with Crippen molar-refractivity contribution in [2.45, 2.75) is 46.6 Å². The van der Waals surface area contributed by atoms with Crippen LogP contribution in [0.4, 0.5) is 0 Å². The molecule has 0 saturated heterocycles. The average Bonchev–Trinajstić information content (AvgIpc) is 3.16. The number of hydrogen-bond acceptors (Lipinski definition) is 2. The molecule has 34 heavy (non-hydrogen) atoms. The number of aryl methyl sites for hydroxylation is 1. The molecule has 0 amide bonds. The maximum absolute atomic E-state index is 13.6. The summed E-state index contributed by atoms with van der Waals surface area (Å²) in [6.45, 7) is 11.6. The molecule has 1 heterocycles. The van der Waals surface area contributed by atoms with Gasteiger partial charge in [0, 0.05) is 23.2 Å². The van der Waals surface area contributed by atoms with Gasteiger partial charge >= 0.3 is 5.97 Å². The number of benzene rings is 3. The van der Waals surface area contributed by atoms with Crippen LogP contribution in [0.5, 0.6) is 0 Å². The largest absolute Gasteiger partial charge is 0.462 e. The topological polar surface area (TPSA) is 31.2 Å². The predicted octanol–water partition coefficient (Wildman–Crippen LogP) is 7.65. The van der Waals surface area contributed by atoms with Gasteiger partial charge in [0.05, 0.1) is 17.9 Å². The first-order valence-corrected chi connectivity index (χ1v) is 11.9. The maximum Gasteiger partial charge on any atom is 0.340 e. The summed E-state index contributed by atoms with van der Waals surface area (Å²) < 4.78 is 7.98. The molecular formula is C31H33NO2. The molecule has 3 aromatic carbocycles. The van der Waals surface area contributed by atoms with E-state index in [1.165, 1.54) is 11.1 Å². The van der Waals surface area contributed by atoms with Gasteiger partial charge in [0.1, 0.15) is 0 Å². The molecule has 0 aliphatic carbocycles. The second-order valence-electron chi connectivity index (χ2n) is 9.72. The highest BCUT2D eigenvalue weighted by Crippen LogP contribution is 2.44. The summed E-state index contributed by atoms with van der Waals surface area (Å²) in [5.74, 6) is -0.283. The molecule has 0 N–H and O–H groups in total. The minimum absolute atomic E-state index is 0.218. The Bertz CT molecular complexity index is 1260. The quantitative estimate of drug-likeness (QED) is 0.282. The lowest BCUT2D eigenvalue weighted by molar-refractivity contribution is 0.0528. The van der Waals surface area contributed by atoms with Gasteiger partial charge in [-0.05, 0) is 30.5 Å². The number of carbonyl (C=O) groups is 1. The van der Waals surface area contributed by atoms with Crippen LogP contribution in [0.2, 0.25) is 0 Å². The zero-order valence-electron chi connectivity index (χ0n) is 20.8. The second-order valence-corrected chi connectivity index (χ2v) is 9.72.